The van der Waals surface area contributed by atoms with Crippen molar-refractivity contribution in [3.8, 4) is 11.6 Å². The zero-order valence-electron chi connectivity index (χ0n) is 13.7. The molecule has 9 heteroatoms. The highest BCUT2D eigenvalue weighted by Crippen LogP contribution is 2.24. The second-order valence-corrected chi connectivity index (χ2v) is 6.14. The van der Waals surface area contributed by atoms with Crippen LogP contribution in [0.15, 0.2) is 64.5 Å². The first-order chi connectivity index (χ1) is 13.0. The smallest absolute Gasteiger partial charge is 0.271 e. The third-order valence-corrected chi connectivity index (χ3v) is 4.21. The normalized spacial score (nSPS) is 10.9. The molecule has 0 aliphatic rings. The number of benzene rings is 2. The number of aromatic amines is 1. The SMILES string of the molecule is O=C(N/N=C/c1c(O)n(-c2ccccc2Cl)c(=S)[nH]c1=O)c1ccccc1. The third-order valence-electron chi connectivity index (χ3n) is 3.61. The first-order valence-electron chi connectivity index (χ1n) is 7.70. The van der Waals surface area contributed by atoms with Gasteiger partial charge in [-0.05, 0) is 36.5 Å². The Morgan fingerprint density at radius 2 is 1.85 bits per heavy atom. The quantitative estimate of drug-likeness (QED) is 0.356. The number of carbonyl (C=O) groups excluding carboxylic acids is 1. The van der Waals surface area contributed by atoms with Crippen molar-refractivity contribution >= 4 is 35.9 Å². The second-order valence-electron chi connectivity index (χ2n) is 5.35. The van der Waals surface area contributed by atoms with Crippen molar-refractivity contribution in [2.75, 3.05) is 0 Å². The third kappa shape index (κ3) is 3.97. The van der Waals surface area contributed by atoms with Crippen LogP contribution in [0.25, 0.3) is 5.69 Å². The van der Waals surface area contributed by atoms with E-state index in [2.05, 4.69) is 15.5 Å². The molecule has 3 N–H and O–H groups in total. The number of H-pyrrole nitrogens is 1. The zero-order chi connectivity index (χ0) is 19.4. The average Bonchev–Trinajstić information content (AvgIpc) is 2.66. The Labute approximate surface area is 163 Å². The summed E-state index contributed by atoms with van der Waals surface area (Å²) in [5.74, 6) is -0.906. The number of hydrogen-bond acceptors (Lipinski definition) is 5. The Morgan fingerprint density at radius 1 is 1.19 bits per heavy atom. The van der Waals surface area contributed by atoms with Crippen LogP contribution in [-0.4, -0.2) is 26.8 Å². The number of para-hydroxylation sites is 1. The summed E-state index contributed by atoms with van der Waals surface area (Å²) in [6, 6.07) is 15.1. The molecule has 1 heterocycles. The van der Waals surface area contributed by atoms with E-state index in [1.54, 1.807) is 54.6 Å². The molecule has 0 atom stereocenters. The monoisotopic (exact) mass is 400 g/mol. The summed E-state index contributed by atoms with van der Waals surface area (Å²) >= 11 is 11.3. The first-order valence-corrected chi connectivity index (χ1v) is 8.49. The van der Waals surface area contributed by atoms with Crippen LogP contribution in [-0.2, 0) is 0 Å². The van der Waals surface area contributed by atoms with Crippen LogP contribution in [0, 0.1) is 4.77 Å². The van der Waals surface area contributed by atoms with E-state index in [1.807, 2.05) is 0 Å². The fourth-order valence-electron chi connectivity index (χ4n) is 2.32. The van der Waals surface area contributed by atoms with E-state index < -0.39 is 17.3 Å². The molecule has 0 saturated heterocycles. The zero-order valence-corrected chi connectivity index (χ0v) is 15.3. The van der Waals surface area contributed by atoms with Crippen molar-refractivity contribution in [3.63, 3.8) is 0 Å². The number of nitrogens with one attached hydrogen (secondary N) is 2. The van der Waals surface area contributed by atoms with Crippen LogP contribution in [0.2, 0.25) is 5.02 Å². The van der Waals surface area contributed by atoms with E-state index in [4.69, 9.17) is 23.8 Å². The molecule has 2 aromatic carbocycles. The second kappa shape index (κ2) is 7.98. The minimum Gasteiger partial charge on any atom is -0.494 e. The van der Waals surface area contributed by atoms with E-state index in [1.165, 1.54) is 4.57 Å². The lowest BCUT2D eigenvalue weighted by Crippen LogP contribution is -2.21. The molecule has 0 unspecified atom stereocenters. The van der Waals surface area contributed by atoms with E-state index >= 15 is 0 Å². The molecule has 7 nitrogen and oxygen atoms in total. The van der Waals surface area contributed by atoms with E-state index in [-0.39, 0.29) is 10.3 Å². The summed E-state index contributed by atoms with van der Waals surface area (Å²) in [5, 5.41) is 14.6. The number of carbonyl (C=O) groups is 1. The molecule has 3 rings (SSSR count). The van der Waals surface area contributed by atoms with Crippen LogP contribution in [0.1, 0.15) is 15.9 Å². The molecular formula is C18H13ClN4O3S. The van der Waals surface area contributed by atoms with Gasteiger partial charge in [0.15, 0.2) is 4.77 Å². The molecule has 0 spiro atoms. The summed E-state index contributed by atoms with van der Waals surface area (Å²) < 4.78 is 1.18. The lowest BCUT2D eigenvalue weighted by molar-refractivity contribution is 0.0955. The molecule has 0 radical (unpaired) electrons. The van der Waals surface area contributed by atoms with E-state index in [9.17, 15) is 14.7 Å². The van der Waals surface area contributed by atoms with Gasteiger partial charge < -0.3 is 5.11 Å². The van der Waals surface area contributed by atoms with Gasteiger partial charge >= 0.3 is 0 Å². The van der Waals surface area contributed by atoms with Crippen molar-refractivity contribution in [1.29, 1.82) is 0 Å². The Morgan fingerprint density at radius 3 is 2.56 bits per heavy atom. The lowest BCUT2D eigenvalue weighted by Gasteiger charge is -2.12. The molecule has 0 fully saturated rings. The highest BCUT2D eigenvalue weighted by atomic mass is 35.5. The van der Waals surface area contributed by atoms with Gasteiger partial charge in [0.1, 0.15) is 5.56 Å². The van der Waals surface area contributed by atoms with Gasteiger partial charge in [0.05, 0.1) is 16.9 Å². The predicted molar refractivity (Wildman–Crippen MR) is 105 cm³/mol. The number of hydrazone groups is 1. The first kappa shape index (κ1) is 18.6. The van der Waals surface area contributed by atoms with Crippen molar-refractivity contribution in [2.45, 2.75) is 0 Å². The van der Waals surface area contributed by atoms with Gasteiger partial charge in [-0.1, -0.05) is 41.9 Å². The van der Waals surface area contributed by atoms with E-state index in [0.29, 0.717) is 16.3 Å². The van der Waals surface area contributed by atoms with Crippen molar-refractivity contribution in [2.24, 2.45) is 5.10 Å². The summed E-state index contributed by atoms with van der Waals surface area (Å²) in [5.41, 5.74) is 2.25. The number of hydrogen-bond donors (Lipinski definition) is 3. The molecule has 1 amide bonds. The number of aromatic hydroxyl groups is 1. The maximum atomic E-state index is 12.1. The standard InChI is InChI=1S/C18H13ClN4O3S/c19-13-8-4-5-9-14(13)23-17(26)12(16(25)21-18(23)27)10-20-22-15(24)11-6-2-1-3-7-11/h1-10,26H,(H,22,24)(H,21,25,27)/b20-10+. The molecule has 136 valence electrons. The van der Waals surface area contributed by atoms with Crippen molar-refractivity contribution in [3.05, 3.63) is 85.9 Å². The summed E-state index contributed by atoms with van der Waals surface area (Å²) in [6.45, 7) is 0. The molecule has 0 aliphatic heterocycles. The Hall–Kier alpha value is -3.23. The molecule has 0 bridgehead atoms. The number of aromatic nitrogens is 2. The van der Waals surface area contributed by atoms with Crippen LogP contribution < -0.4 is 11.0 Å². The molecule has 0 saturated carbocycles. The van der Waals surface area contributed by atoms with Gasteiger partial charge in [-0.2, -0.15) is 5.10 Å². The van der Waals surface area contributed by atoms with Crippen LogP contribution >= 0.6 is 23.8 Å². The highest BCUT2D eigenvalue weighted by molar-refractivity contribution is 7.71. The van der Waals surface area contributed by atoms with Crippen LogP contribution in [0.4, 0.5) is 0 Å². The number of rotatable bonds is 4. The minimum absolute atomic E-state index is 0.0314. The Bertz CT molecular complexity index is 1140. The van der Waals surface area contributed by atoms with Gasteiger partial charge in [0.2, 0.25) is 5.88 Å². The van der Waals surface area contributed by atoms with Crippen LogP contribution in [0.3, 0.4) is 0 Å². The Kier molecular flexibility index (Phi) is 5.49. The Balaban J connectivity index is 1.96. The fourth-order valence-corrected chi connectivity index (χ4v) is 2.82. The lowest BCUT2D eigenvalue weighted by atomic mass is 10.2. The van der Waals surface area contributed by atoms with Crippen LogP contribution in [0.5, 0.6) is 5.88 Å². The van der Waals surface area contributed by atoms with Gasteiger partial charge in [-0.3, -0.25) is 19.1 Å². The summed E-state index contributed by atoms with van der Waals surface area (Å²) in [4.78, 5) is 26.6. The number of nitrogens with zero attached hydrogens (tertiary/aromatic N) is 2. The molecule has 0 aliphatic carbocycles. The van der Waals surface area contributed by atoms with Gasteiger partial charge in [-0.15, -0.1) is 0 Å². The maximum Gasteiger partial charge on any atom is 0.271 e. The number of halogens is 1. The topological polar surface area (TPSA) is 99.5 Å². The van der Waals surface area contributed by atoms with Gasteiger partial charge in [0, 0.05) is 5.56 Å². The predicted octanol–water partition coefficient (Wildman–Crippen LogP) is 3.02. The van der Waals surface area contributed by atoms with E-state index in [0.717, 1.165) is 6.21 Å². The molecule has 3 aromatic rings. The maximum absolute atomic E-state index is 12.1. The number of amides is 1. The molecular weight excluding hydrogens is 388 g/mol. The van der Waals surface area contributed by atoms with Gasteiger partial charge in [0.25, 0.3) is 11.5 Å². The average molecular weight is 401 g/mol. The summed E-state index contributed by atoms with van der Waals surface area (Å²) in [7, 11) is 0. The van der Waals surface area contributed by atoms with Crippen molar-refractivity contribution in [1.82, 2.24) is 15.0 Å². The van der Waals surface area contributed by atoms with Crippen molar-refractivity contribution < 1.29 is 9.90 Å². The summed E-state index contributed by atoms with van der Waals surface area (Å²) in [6.07, 6.45) is 1.04. The minimum atomic E-state index is -0.654. The molecule has 1 aromatic heterocycles. The largest absolute Gasteiger partial charge is 0.494 e. The highest BCUT2D eigenvalue weighted by Gasteiger charge is 2.14. The molecule has 27 heavy (non-hydrogen) atoms. The fraction of sp³-hybridized carbons (Fsp3) is 0. The van der Waals surface area contributed by atoms with Gasteiger partial charge in [-0.25, -0.2) is 5.43 Å².